The van der Waals surface area contributed by atoms with E-state index < -0.39 is 0 Å². The minimum atomic E-state index is 0.0975. The van der Waals surface area contributed by atoms with Crippen LogP contribution in [0, 0.1) is 0 Å². The highest BCUT2D eigenvalue weighted by molar-refractivity contribution is 5.73. The Kier molecular flexibility index (Phi) is 2.68. The van der Waals surface area contributed by atoms with Crippen molar-refractivity contribution in [2.75, 3.05) is 13.1 Å². The van der Waals surface area contributed by atoms with Gasteiger partial charge < -0.3 is 10.6 Å². The molecule has 0 aromatic rings. The second kappa shape index (κ2) is 3.56. The van der Waals surface area contributed by atoms with Gasteiger partial charge in [0, 0.05) is 6.92 Å². The first-order chi connectivity index (χ1) is 4.79. The third kappa shape index (κ3) is 2.35. The summed E-state index contributed by atoms with van der Waals surface area (Å²) in [6, 6.07) is 0.422. The van der Waals surface area contributed by atoms with Gasteiger partial charge in [-0.3, -0.25) is 4.79 Å². The fraction of sp³-hybridized carbons (Fsp3) is 0.857. The summed E-state index contributed by atoms with van der Waals surface area (Å²) < 4.78 is 0. The molecular weight excluding hydrogens is 128 g/mol. The fourth-order valence-corrected chi connectivity index (χ4v) is 1.36. The second-order valence-corrected chi connectivity index (χ2v) is 2.85. The topological polar surface area (TPSA) is 45.7 Å². The van der Waals surface area contributed by atoms with E-state index in [2.05, 4.69) is 10.6 Å². The molecule has 3 N–H and O–H groups in total. The Morgan fingerprint density at radius 3 is 3.00 bits per heavy atom. The molecule has 1 atom stereocenters. The van der Waals surface area contributed by atoms with E-state index in [9.17, 15) is 4.79 Å². The lowest BCUT2D eigenvalue weighted by Gasteiger charge is -2.20. The average molecular weight is 143 g/mol. The number of nitrogens with two attached hydrogens (primary N) is 1. The lowest BCUT2D eigenvalue weighted by Crippen LogP contribution is -2.89. The van der Waals surface area contributed by atoms with Crippen molar-refractivity contribution in [1.82, 2.24) is 5.32 Å². The van der Waals surface area contributed by atoms with E-state index in [1.807, 2.05) is 0 Å². The summed E-state index contributed by atoms with van der Waals surface area (Å²) in [4.78, 5) is 10.6. The predicted molar refractivity (Wildman–Crippen MR) is 38.5 cm³/mol. The van der Waals surface area contributed by atoms with Crippen molar-refractivity contribution in [2.24, 2.45) is 0 Å². The number of quaternary nitrogens is 1. The Balaban J connectivity index is 2.19. The molecule has 10 heavy (non-hydrogen) atoms. The zero-order chi connectivity index (χ0) is 7.40. The molecule has 3 heteroatoms. The number of carbonyl (C=O) groups is 1. The third-order valence-corrected chi connectivity index (χ3v) is 1.82. The Morgan fingerprint density at radius 2 is 2.50 bits per heavy atom. The van der Waals surface area contributed by atoms with Crippen LogP contribution in [0.2, 0.25) is 0 Å². The zero-order valence-electron chi connectivity index (χ0n) is 6.39. The van der Waals surface area contributed by atoms with Crippen LogP contribution >= 0.6 is 0 Å². The normalized spacial score (nSPS) is 25.9. The number of nitrogens with one attached hydrogen (secondary N) is 1. The lowest BCUT2D eigenvalue weighted by molar-refractivity contribution is -0.664. The van der Waals surface area contributed by atoms with Crippen molar-refractivity contribution >= 4 is 5.91 Å². The van der Waals surface area contributed by atoms with E-state index in [1.165, 1.54) is 13.0 Å². The zero-order valence-corrected chi connectivity index (χ0v) is 6.39. The van der Waals surface area contributed by atoms with Gasteiger partial charge in [0.05, 0.1) is 19.1 Å². The maximum absolute atomic E-state index is 10.6. The average Bonchev–Trinajstić information content (AvgIpc) is 1.88. The SMILES string of the molecule is CC(=O)N[C@@H]1CCC[NH2+]C1. The van der Waals surface area contributed by atoms with Crippen molar-refractivity contribution < 1.29 is 10.1 Å². The minimum Gasteiger partial charge on any atom is -0.348 e. The van der Waals surface area contributed by atoms with E-state index >= 15 is 0 Å². The lowest BCUT2D eigenvalue weighted by atomic mass is 10.1. The van der Waals surface area contributed by atoms with Crippen molar-refractivity contribution in [2.45, 2.75) is 25.8 Å². The van der Waals surface area contributed by atoms with Crippen molar-refractivity contribution in [3.05, 3.63) is 0 Å². The summed E-state index contributed by atoms with van der Waals surface area (Å²) in [5.41, 5.74) is 0. The van der Waals surface area contributed by atoms with Crippen molar-refractivity contribution in [1.29, 1.82) is 0 Å². The van der Waals surface area contributed by atoms with E-state index in [1.54, 1.807) is 6.92 Å². The summed E-state index contributed by atoms with van der Waals surface area (Å²) in [5, 5.41) is 5.17. The van der Waals surface area contributed by atoms with E-state index in [4.69, 9.17) is 0 Å². The quantitative estimate of drug-likeness (QED) is 0.478. The molecule has 0 spiro atoms. The van der Waals surface area contributed by atoms with Crippen LogP contribution in [0.25, 0.3) is 0 Å². The van der Waals surface area contributed by atoms with Crippen LogP contribution in [0.4, 0.5) is 0 Å². The number of amides is 1. The van der Waals surface area contributed by atoms with Gasteiger partial charge >= 0.3 is 0 Å². The molecule has 1 rings (SSSR count). The summed E-state index contributed by atoms with van der Waals surface area (Å²) in [5.74, 6) is 0.0975. The summed E-state index contributed by atoms with van der Waals surface area (Å²) >= 11 is 0. The maximum Gasteiger partial charge on any atom is 0.217 e. The molecular formula is C7H15N2O+. The molecule has 1 amide bonds. The first-order valence-corrected chi connectivity index (χ1v) is 3.88. The number of piperidine rings is 1. The van der Waals surface area contributed by atoms with Crippen LogP contribution in [0.15, 0.2) is 0 Å². The Morgan fingerprint density at radius 1 is 1.70 bits per heavy atom. The molecule has 0 unspecified atom stereocenters. The monoisotopic (exact) mass is 143 g/mol. The standard InChI is InChI=1S/C7H14N2O/c1-6(10)9-7-3-2-4-8-5-7/h7-8H,2-5H2,1H3,(H,9,10)/p+1/t7-/m1/s1. The van der Waals surface area contributed by atoms with Gasteiger partial charge in [-0.1, -0.05) is 0 Å². The van der Waals surface area contributed by atoms with Crippen LogP contribution in [0.5, 0.6) is 0 Å². The van der Waals surface area contributed by atoms with Crippen molar-refractivity contribution in [3.8, 4) is 0 Å². The molecule has 0 aromatic heterocycles. The molecule has 0 radical (unpaired) electrons. The van der Waals surface area contributed by atoms with Gasteiger partial charge in [-0.05, 0) is 12.8 Å². The molecule has 0 saturated carbocycles. The predicted octanol–water partition coefficient (Wildman–Crippen LogP) is -1.15. The van der Waals surface area contributed by atoms with Crippen LogP contribution in [-0.4, -0.2) is 25.0 Å². The molecule has 1 aliphatic heterocycles. The first-order valence-electron chi connectivity index (χ1n) is 3.88. The Bertz CT molecular complexity index is 119. The highest BCUT2D eigenvalue weighted by Gasteiger charge is 2.15. The number of hydrogen-bond donors (Lipinski definition) is 2. The Labute approximate surface area is 61.2 Å². The highest BCUT2D eigenvalue weighted by Crippen LogP contribution is 1.95. The molecule has 3 nitrogen and oxygen atoms in total. The minimum absolute atomic E-state index is 0.0975. The van der Waals surface area contributed by atoms with E-state index in [-0.39, 0.29) is 5.91 Å². The van der Waals surface area contributed by atoms with Crippen LogP contribution in [0.1, 0.15) is 19.8 Å². The van der Waals surface area contributed by atoms with E-state index in [0.29, 0.717) is 6.04 Å². The summed E-state index contributed by atoms with van der Waals surface area (Å²) in [6.45, 7) is 3.85. The Hall–Kier alpha value is -0.570. The van der Waals surface area contributed by atoms with Gasteiger partial charge in [0.2, 0.25) is 5.91 Å². The summed E-state index contributed by atoms with van der Waals surface area (Å²) in [7, 11) is 0. The largest absolute Gasteiger partial charge is 0.348 e. The molecule has 58 valence electrons. The van der Waals surface area contributed by atoms with Crippen molar-refractivity contribution in [3.63, 3.8) is 0 Å². The molecule has 0 aliphatic carbocycles. The van der Waals surface area contributed by atoms with Gasteiger partial charge in [-0.25, -0.2) is 0 Å². The highest BCUT2D eigenvalue weighted by atomic mass is 16.1. The molecule has 1 heterocycles. The van der Waals surface area contributed by atoms with E-state index in [0.717, 1.165) is 13.0 Å². The van der Waals surface area contributed by atoms with Gasteiger partial charge in [0.25, 0.3) is 0 Å². The maximum atomic E-state index is 10.6. The molecule has 1 fully saturated rings. The second-order valence-electron chi connectivity index (χ2n) is 2.85. The molecule has 0 bridgehead atoms. The molecule has 0 aromatic carbocycles. The van der Waals surface area contributed by atoms with Crippen LogP contribution in [-0.2, 0) is 4.79 Å². The number of carbonyl (C=O) groups excluding carboxylic acids is 1. The van der Waals surface area contributed by atoms with Gasteiger partial charge in [0.15, 0.2) is 0 Å². The number of hydrogen-bond acceptors (Lipinski definition) is 1. The van der Waals surface area contributed by atoms with Crippen LogP contribution < -0.4 is 10.6 Å². The fourth-order valence-electron chi connectivity index (χ4n) is 1.36. The number of rotatable bonds is 1. The molecule has 1 saturated heterocycles. The smallest absolute Gasteiger partial charge is 0.217 e. The van der Waals surface area contributed by atoms with Gasteiger partial charge in [-0.15, -0.1) is 0 Å². The van der Waals surface area contributed by atoms with Crippen LogP contribution in [0.3, 0.4) is 0 Å². The van der Waals surface area contributed by atoms with Gasteiger partial charge in [0.1, 0.15) is 0 Å². The first kappa shape index (κ1) is 7.54. The third-order valence-electron chi connectivity index (χ3n) is 1.82. The summed E-state index contributed by atoms with van der Waals surface area (Å²) in [6.07, 6.45) is 2.38. The molecule has 1 aliphatic rings. The van der Waals surface area contributed by atoms with Gasteiger partial charge in [-0.2, -0.15) is 0 Å².